The molecular weight excluding hydrogens is 238 g/mol. The molecule has 1 heterocycles. The van der Waals surface area contributed by atoms with E-state index in [1.165, 1.54) is 0 Å². The molecular formula is C16H19NO2. The molecule has 1 amide bonds. The van der Waals surface area contributed by atoms with E-state index >= 15 is 0 Å². The molecule has 3 heteroatoms. The molecule has 1 aromatic rings. The highest BCUT2D eigenvalue weighted by atomic mass is 16.2. The first-order valence-electron chi connectivity index (χ1n) is 7.16. The summed E-state index contributed by atoms with van der Waals surface area (Å²) in [5.41, 5.74) is 0.737. The van der Waals surface area contributed by atoms with Crippen LogP contribution in [0.3, 0.4) is 0 Å². The number of carbonyl (C=O) groups is 2. The van der Waals surface area contributed by atoms with E-state index in [9.17, 15) is 9.59 Å². The van der Waals surface area contributed by atoms with Gasteiger partial charge in [0.05, 0.1) is 0 Å². The molecule has 0 bridgehead atoms. The Bertz CT molecular complexity index is 483. The molecule has 2 atom stereocenters. The molecule has 3 nitrogen and oxygen atoms in total. The van der Waals surface area contributed by atoms with Crippen LogP contribution < -0.4 is 0 Å². The molecule has 1 aliphatic carbocycles. The summed E-state index contributed by atoms with van der Waals surface area (Å²) in [5.74, 6) is 0.543. The van der Waals surface area contributed by atoms with E-state index in [-0.39, 0.29) is 17.9 Å². The molecule has 1 saturated carbocycles. The molecule has 2 aliphatic rings. The second kappa shape index (κ2) is 5.16. The Morgan fingerprint density at radius 1 is 1.11 bits per heavy atom. The number of nitrogens with zero attached hydrogens (tertiary/aromatic N) is 1. The molecule has 3 rings (SSSR count). The highest BCUT2D eigenvalue weighted by molar-refractivity contribution is 5.96. The van der Waals surface area contributed by atoms with Gasteiger partial charge < -0.3 is 4.90 Å². The lowest BCUT2D eigenvalue weighted by Gasteiger charge is -2.43. The van der Waals surface area contributed by atoms with Crippen LogP contribution in [0.2, 0.25) is 0 Å². The van der Waals surface area contributed by atoms with E-state index in [0.29, 0.717) is 18.7 Å². The molecule has 1 aliphatic heterocycles. The van der Waals surface area contributed by atoms with Crippen LogP contribution in [0.25, 0.3) is 0 Å². The normalized spacial score (nSPS) is 26.9. The van der Waals surface area contributed by atoms with Crippen LogP contribution in [0, 0.1) is 5.92 Å². The molecule has 1 aromatic carbocycles. The van der Waals surface area contributed by atoms with E-state index in [2.05, 4.69) is 0 Å². The minimum Gasteiger partial charge on any atom is -0.334 e. The van der Waals surface area contributed by atoms with Crippen LogP contribution in [-0.2, 0) is 4.79 Å². The number of hydrogen-bond acceptors (Lipinski definition) is 2. The number of likely N-dealkylation sites (tertiary alicyclic amines) is 1. The monoisotopic (exact) mass is 257 g/mol. The third kappa shape index (κ3) is 2.29. The van der Waals surface area contributed by atoms with Gasteiger partial charge in [-0.1, -0.05) is 31.0 Å². The summed E-state index contributed by atoms with van der Waals surface area (Å²) in [5, 5.41) is 0. The number of piperidine rings is 1. The predicted octanol–water partition coefficient (Wildman–Crippen LogP) is 2.66. The molecule has 19 heavy (non-hydrogen) atoms. The van der Waals surface area contributed by atoms with Crippen molar-refractivity contribution in [2.24, 2.45) is 5.92 Å². The summed E-state index contributed by atoms with van der Waals surface area (Å²) in [6, 6.07) is 9.55. The van der Waals surface area contributed by atoms with Crippen molar-refractivity contribution < 1.29 is 9.59 Å². The topological polar surface area (TPSA) is 37.4 Å². The Kier molecular flexibility index (Phi) is 3.36. The Balaban J connectivity index is 1.84. The van der Waals surface area contributed by atoms with Crippen LogP contribution in [0.4, 0.5) is 0 Å². The fourth-order valence-electron chi connectivity index (χ4n) is 3.44. The lowest BCUT2D eigenvalue weighted by atomic mass is 9.77. The summed E-state index contributed by atoms with van der Waals surface area (Å²) >= 11 is 0. The smallest absolute Gasteiger partial charge is 0.254 e. The summed E-state index contributed by atoms with van der Waals surface area (Å²) in [6.07, 6.45) is 4.73. The van der Waals surface area contributed by atoms with Crippen LogP contribution >= 0.6 is 0 Å². The van der Waals surface area contributed by atoms with E-state index in [4.69, 9.17) is 0 Å². The Morgan fingerprint density at radius 3 is 2.63 bits per heavy atom. The van der Waals surface area contributed by atoms with Gasteiger partial charge in [-0.25, -0.2) is 0 Å². The first kappa shape index (κ1) is 12.4. The lowest BCUT2D eigenvalue weighted by molar-refractivity contribution is -0.129. The quantitative estimate of drug-likeness (QED) is 0.775. The minimum atomic E-state index is 0.0880. The van der Waals surface area contributed by atoms with Crippen LogP contribution in [0.1, 0.15) is 42.5 Å². The van der Waals surface area contributed by atoms with Gasteiger partial charge in [0, 0.05) is 30.5 Å². The Morgan fingerprint density at radius 2 is 1.84 bits per heavy atom. The SMILES string of the molecule is O=C1CCN(C(=O)c2ccccc2)[C@H]2CCCC[C@@H]12. The van der Waals surface area contributed by atoms with Gasteiger partial charge in [-0.2, -0.15) is 0 Å². The number of amides is 1. The van der Waals surface area contributed by atoms with Crippen molar-refractivity contribution in [2.45, 2.75) is 38.1 Å². The Hall–Kier alpha value is -1.64. The van der Waals surface area contributed by atoms with Crippen LogP contribution in [0.15, 0.2) is 30.3 Å². The van der Waals surface area contributed by atoms with E-state index in [0.717, 1.165) is 31.2 Å². The zero-order chi connectivity index (χ0) is 13.2. The summed E-state index contributed by atoms with van der Waals surface area (Å²) in [4.78, 5) is 26.5. The fourth-order valence-corrected chi connectivity index (χ4v) is 3.44. The van der Waals surface area contributed by atoms with Gasteiger partial charge in [-0.3, -0.25) is 9.59 Å². The molecule has 2 fully saturated rings. The average molecular weight is 257 g/mol. The second-order valence-electron chi connectivity index (χ2n) is 5.54. The third-order valence-corrected chi connectivity index (χ3v) is 4.42. The van der Waals surface area contributed by atoms with Gasteiger partial charge in [0.15, 0.2) is 0 Å². The summed E-state index contributed by atoms with van der Waals surface area (Å²) < 4.78 is 0. The van der Waals surface area contributed by atoms with Crippen LogP contribution in [-0.4, -0.2) is 29.2 Å². The first-order valence-corrected chi connectivity index (χ1v) is 7.16. The molecule has 0 aromatic heterocycles. The molecule has 1 saturated heterocycles. The standard InChI is InChI=1S/C16H19NO2/c18-15-10-11-17(14-9-5-4-8-13(14)15)16(19)12-6-2-1-3-7-12/h1-3,6-7,13-14H,4-5,8-11H2/t13-,14+/m1/s1. The van der Waals surface area contributed by atoms with Crippen molar-refractivity contribution in [1.82, 2.24) is 4.90 Å². The van der Waals surface area contributed by atoms with E-state index in [1.807, 2.05) is 35.2 Å². The largest absolute Gasteiger partial charge is 0.334 e. The zero-order valence-electron chi connectivity index (χ0n) is 11.0. The van der Waals surface area contributed by atoms with Crippen molar-refractivity contribution in [1.29, 1.82) is 0 Å². The molecule has 100 valence electrons. The van der Waals surface area contributed by atoms with Crippen LogP contribution in [0.5, 0.6) is 0 Å². The fraction of sp³-hybridized carbons (Fsp3) is 0.500. The first-order chi connectivity index (χ1) is 9.27. The van der Waals surface area contributed by atoms with Gasteiger partial charge in [-0.05, 0) is 25.0 Å². The van der Waals surface area contributed by atoms with Crippen molar-refractivity contribution in [3.05, 3.63) is 35.9 Å². The predicted molar refractivity (Wildman–Crippen MR) is 72.8 cm³/mol. The van der Waals surface area contributed by atoms with Crippen molar-refractivity contribution in [3.63, 3.8) is 0 Å². The van der Waals surface area contributed by atoms with Gasteiger partial charge >= 0.3 is 0 Å². The van der Waals surface area contributed by atoms with Crippen molar-refractivity contribution in [3.8, 4) is 0 Å². The molecule has 0 spiro atoms. The second-order valence-corrected chi connectivity index (χ2v) is 5.54. The number of ketones is 1. The van der Waals surface area contributed by atoms with Crippen molar-refractivity contribution >= 4 is 11.7 Å². The van der Waals surface area contributed by atoms with Gasteiger partial charge in [0.25, 0.3) is 5.91 Å². The average Bonchev–Trinajstić information content (AvgIpc) is 2.48. The lowest BCUT2D eigenvalue weighted by Crippen LogP contribution is -2.53. The summed E-state index contributed by atoms with van der Waals surface area (Å²) in [7, 11) is 0. The number of fused-ring (bicyclic) bond motifs is 1. The molecule has 0 N–H and O–H groups in total. The maximum absolute atomic E-state index is 12.6. The maximum atomic E-state index is 12.6. The van der Waals surface area contributed by atoms with E-state index < -0.39 is 0 Å². The number of rotatable bonds is 1. The molecule has 0 radical (unpaired) electrons. The number of carbonyl (C=O) groups excluding carboxylic acids is 2. The number of benzene rings is 1. The van der Waals surface area contributed by atoms with Gasteiger partial charge in [0.2, 0.25) is 0 Å². The Labute approximate surface area is 113 Å². The number of hydrogen-bond donors (Lipinski definition) is 0. The van der Waals surface area contributed by atoms with Crippen molar-refractivity contribution in [2.75, 3.05) is 6.54 Å². The van der Waals surface area contributed by atoms with E-state index in [1.54, 1.807) is 0 Å². The number of Topliss-reactive ketones (excluding diaryl/α,β-unsaturated/α-hetero) is 1. The van der Waals surface area contributed by atoms with Gasteiger partial charge in [0.1, 0.15) is 5.78 Å². The maximum Gasteiger partial charge on any atom is 0.254 e. The zero-order valence-corrected chi connectivity index (χ0v) is 11.0. The highest BCUT2D eigenvalue weighted by Gasteiger charge is 2.40. The third-order valence-electron chi connectivity index (χ3n) is 4.42. The molecule has 0 unspecified atom stereocenters. The minimum absolute atomic E-state index is 0.0880. The van der Waals surface area contributed by atoms with Gasteiger partial charge in [-0.15, -0.1) is 0 Å². The highest BCUT2D eigenvalue weighted by Crippen LogP contribution is 2.34. The summed E-state index contributed by atoms with van der Waals surface area (Å²) in [6.45, 7) is 0.591.